The van der Waals surface area contributed by atoms with E-state index in [-0.39, 0.29) is 17.3 Å². The molecule has 8 heteroatoms. The number of hydrogen-bond donors (Lipinski definition) is 2. The van der Waals surface area contributed by atoms with Crippen LogP contribution in [0.3, 0.4) is 0 Å². The standard InChI is InChI=1S/C11H22N4O3S/c1-3-5-7-18-8-6-13-19(16,17)10-9-15(4-2)14-11(10)12/h9,13H,3-8H2,1-2H3,(H2,12,14). The Balaban J connectivity index is 2.49. The zero-order chi connectivity index (χ0) is 14.3. The summed E-state index contributed by atoms with van der Waals surface area (Å²) >= 11 is 0. The number of anilines is 1. The van der Waals surface area contributed by atoms with Crippen LogP contribution in [-0.2, 0) is 21.3 Å². The second-order valence-corrected chi connectivity index (χ2v) is 5.83. The molecule has 0 aliphatic heterocycles. The van der Waals surface area contributed by atoms with Crippen LogP contribution in [0.25, 0.3) is 0 Å². The molecule has 3 N–H and O–H groups in total. The van der Waals surface area contributed by atoms with Crippen LogP contribution < -0.4 is 10.5 Å². The molecule has 0 spiro atoms. The number of unbranched alkanes of at least 4 members (excludes halogenated alkanes) is 1. The lowest BCUT2D eigenvalue weighted by molar-refractivity contribution is 0.136. The average molecular weight is 290 g/mol. The number of rotatable bonds is 9. The maximum absolute atomic E-state index is 12.0. The largest absolute Gasteiger partial charge is 0.381 e. The molecule has 0 bridgehead atoms. The molecule has 0 unspecified atom stereocenters. The lowest BCUT2D eigenvalue weighted by Gasteiger charge is -2.06. The van der Waals surface area contributed by atoms with Gasteiger partial charge in [0.1, 0.15) is 4.90 Å². The molecule has 1 rings (SSSR count). The van der Waals surface area contributed by atoms with Crippen molar-refractivity contribution in [2.45, 2.75) is 38.1 Å². The highest BCUT2D eigenvalue weighted by molar-refractivity contribution is 7.89. The summed E-state index contributed by atoms with van der Waals surface area (Å²) in [6.07, 6.45) is 3.46. The van der Waals surface area contributed by atoms with Crippen molar-refractivity contribution < 1.29 is 13.2 Å². The van der Waals surface area contributed by atoms with Crippen molar-refractivity contribution in [1.29, 1.82) is 0 Å². The van der Waals surface area contributed by atoms with Crippen molar-refractivity contribution in [3.8, 4) is 0 Å². The van der Waals surface area contributed by atoms with Gasteiger partial charge in [0.05, 0.1) is 6.61 Å². The third-order valence-electron chi connectivity index (χ3n) is 2.55. The smallest absolute Gasteiger partial charge is 0.245 e. The summed E-state index contributed by atoms with van der Waals surface area (Å²) in [6, 6.07) is 0. The van der Waals surface area contributed by atoms with Crippen LogP contribution in [0.2, 0.25) is 0 Å². The van der Waals surface area contributed by atoms with Gasteiger partial charge in [-0.05, 0) is 13.3 Å². The summed E-state index contributed by atoms with van der Waals surface area (Å²) in [7, 11) is -3.61. The van der Waals surface area contributed by atoms with Gasteiger partial charge in [0.2, 0.25) is 10.0 Å². The number of sulfonamides is 1. The number of nitrogens with zero attached hydrogens (tertiary/aromatic N) is 2. The van der Waals surface area contributed by atoms with Crippen molar-refractivity contribution in [1.82, 2.24) is 14.5 Å². The van der Waals surface area contributed by atoms with Crippen molar-refractivity contribution in [3.63, 3.8) is 0 Å². The first-order valence-electron chi connectivity index (χ1n) is 6.41. The molecule has 0 aliphatic rings. The second-order valence-electron chi connectivity index (χ2n) is 4.10. The Morgan fingerprint density at radius 2 is 2.16 bits per heavy atom. The molecule has 0 fully saturated rings. The third kappa shape index (κ3) is 4.81. The molecular weight excluding hydrogens is 268 g/mol. The first-order valence-corrected chi connectivity index (χ1v) is 7.90. The molecule has 7 nitrogen and oxygen atoms in total. The Bertz CT molecular complexity index is 484. The van der Waals surface area contributed by atoms with Crippen molar-refractivity contribution >= 4 is 15.8 Å². The second kappa shape index (κ2) is 7.46. The van der Waals surface area contributed by atoms with Gasteiger partial charge in [0.15, 0.2) is 5.82 Å². The summed E-state index contributed by atoms with van der Waals surface area (Å²) in [6.45, 7) is 5.72. The van der Waals surface area contributed by atoms with Crippen molar-refractivity contribution in [2.75, 3.05) is 25.5 Å². The number of aromatic nitrogens is 2. The van der Waals surface area contributed by atoms with Gasteiger partial charge in [-0.15, -0.1) is 0 Å². The fourth-order valence-electron chi connectivity index (χ4n) is 1.46. The van der Waals surface area contributed by atoms with E-state index in [0.29, 0.717) is 19.8 Å². The monoisotopic (exact) mass is 290 g/mol. The molecule has 0 atom stereocenters. The molecule has 1 heterocycles. The van der Waals surface area contributed by atoms with E-state index in [1.54, 1.807) is 0 Å². The number of nitrogen functional groups attached to an aromatic ring is 1. The molecule has 0 aromatic carbocycles. The van der Waals surface area contributed by atoms with E-state index in [0.717, 1.165) is 12.8 Å². The zero-order valence-corrected chi connectivity index (χ0v) is 12.2. The molecule has 110 valence electrons. The number of nitrogens with two attached hydrogens (primary N) is 1. The van der Waals surface area contributed by atoms with Crippen LogP contribution >= 0.6 is 0 Å². The Morgan fingerprint density at radius 3 is 2.74 bits per heavy atom. The molecular formula is C11H22N4O3S. The number of ether oxygens (including phenoxy) is 1. The highest BCUT2D eigenvalue weighted by atomic mass is 32.2. The number of nitrogens with one attached hydrogen (secondary N) is 1. The molecule has 1 aromatic heterocycles. The van der Waals surface area contributed by atoms with Crippen LogP contribution in [0, 0.1) is 0 Å². The minimum atomic E-state index is -3.61. The quantitative estimate of drug-likeness (QED) is 0.648. The Hall–Kier alpha value is -1.12. The summed E-state index contributed by atoms with van der Waals surface area (Å²) in [5.74, 6) is 0.0150. The van der Waals surface area contributed by atoms with Crippen LogP contribution in [0.5, 0.6) is 0 Å². The molecule has 0 radical (unpaired) electrons. The molecule has 19 heavy (non-hydrogen) atoms. The van der Waals surface area contributed by atoms with Gasteiger partial charge in [-0.1, -0.05) is 13.3 Å². The Morgan fingerprint density at radius 1 is 1.42 bits per heavy atom. The zero-order valence-electron chi connectivity index (χ0n) is 11.4. The summed E-state index contributed by atoms with van der Waals surface area (Å²) in [4.78, 5) is 0.0166. The maximum Gasteiger partial charge on any atom is 0.245 e. The first kappa shape index (κ1) is 15.9. The minimum absolute atomic E-state index is 0.0150. The minimum Gasteiger partial charge on any atom is -0.381 e. The summed E-state index contributed by atoms with van der Waals surface area (Å²) in [5.41, 5.74) is 5.59. The normalized spacial score (nSPS) is 11.9. The van der Waals surface area contributed by atoms with Crippen LogP contribution in [0.15, 0.2) is 11.1 Å². The Labute approximate surface area is 114 Å². The number of aryl methyl sites for hydroxylation is 1. The molecule has 1 aromatic rings. The fourth-order valence-corrected chi connectivity index (χ4v) is 2.55. The lowest BCUT2D eigenvalue weighted by Crippen LogP contribution is -2.28. The van der Waals surface area contributed by atoms with Crippen molar-refractivity contribution in [3.05, 3.63) is 6.20 Å². The average Bonchev–Trinajstić information content (AvgIpc) is 2.76. The third-order valence-corrected chi connectivity index (χ3v) is 4.03. The van der Waals surface area contributed by atoms with E-state index in [2.05, 4.69) is 16.7 Å². The molecule has 0 aliphatic carbocycles. The van der Waals surface area contributed by atoms with Crippen LogP contribution in [-0.4, -0.2) is 38.0 Å². The van der Waals surface area contributed by atoms with E-state index in [1.165, 1.54) is 10.9 Å². The highest BCUT2D eigenvalue weighted by Gasteiger charge is 2.20. The lowest BCUT2D eigenvalue weighted by atomic mass is 10.4. The predicted octanol–water partition coefficient (Wildman–Crippen LogP) is 0.580. The van der Waals surface area contributed by atoms with Gasteiger partial charge in [0, 0.05) is 25.9 Å². The van der Waals surface area contributed by atoms with E-state index in [1.807, 2.05) is 6.92 Å². The number of hydrogen-bond acceptors (Lipinski definition) is 5. The van der Waals surface area contributed by atoms with E-state index < -0.39 is 10.0 Å². The molecule has 0 saturated carbocycles. The van der Waals surface area contributed by atoms with Crippen LogP contribution in [0.1, 0.15) is 26.7 Å². The van der Waals surface area contributed by atoms with Gasteiger partial charge in [-0.3, -0.25) is 4.68 Å². The SMILES string of the molecule is CCCCOCCNS(=O)(=O)c1cn(CC)nc1N. The van der Waals surface area contributed by atoms with E-state index in [9.17, 15) is 8.42 Å². The van der Waals surface area contributed by atoms with Gasteiger partial charge in [-0.25, -0.2) is 13.1 Å². The van der Waals surface area contributed by atoms with Gasteiger partial charge in [-0.2, -0.15) is 5.10 Å². The van der Waals surface area contributed by atoms with Gasteiger partial charge in [0.25, 0.3) is 0 Å². The Kier molecular flexibility index (Phi) is 6.26. The van der Waals surface area contributed by atoms with E-state index >= 15 is 0 Å². The van der Waals surface area contributed by atoms with E-state index in [4.69, 9.17) is 10.5 Å². The highest BCUT2D eigenvalue weighted by Crippen LogP contribution is 2.15. The summed E-state index contributed by atoms with van der Waals surface area (Å²) < 4.78 is 33.2. The first-order chi connectivity index (χ1) is 9.01. The van der Waals surface area contributed by atoms with Gasteiger partial charge >= 0.3 is 0 Å². The predicted molar refractivity (Wildman–Crippen MR) is 73.2 cm³/mol. The summed E-state index contributed by atoms with van der Waals surface area (Å²) in [5, 5.41) is 3.91. The molecule has 0 amide bonds. The fraction of sp³-hybridized carbons (Fsp3) is 0.727. The topological polar surface area (TPSA) is 99.2 Å². The molecule has 0 saturated heterocycles. The van der Waals surface area contributed by atoms with Gasteiger partial charge < -0.3 is 10.5 Å². The van der Waals surface area contributed by atoms with Crippen LogP contribution in [0.4, 0.5) is 5.82 Å². The van der Waals surface area contributed by atoms with Crippen molar-refractivity contribution in [2.24, 2.45) is 0 Å². The maximum atomic E-state index is 12.0.